The molecule has 0 aliphatic rings. The minimum atomic E-state index is -1.16. The molecule has 106 valence electrons. The number of hydrogen-bond donors (Lipinski definition) is 3. The molecule has 0 bridgehead atoms. The van der Waals surface area contributed by atoms with Crippen LogP contribution in [0.5, 0.6) is 5.75 Å². The van der Waals surface area contributed by atoms with Gasteiger partial charge in [-0.15, -0.1) is 0 Å². The van der Waals surface area contributed by atoms with Crippen LogP contribution in [0.3, 0.4) is 0 Å². The van der Waals surface area contributed by atoms with Crippen molar-refractivity contribution in [3.8, 4) is 5.75 Å². The van der Waals surface area contributed by atoms with Gasteiger partial charge in [0.25, 0.3) is 0 Å². The number of aromatic hydroxyl groups is 1. The Labute approximate surface area is 120 Å². The first-order chi connectivity index (χ1) is 10.0. The van der Waals surface area contributed by atoms with Crippen molar-refractivity contribution in [1.29, 1.82) is 0 Å². The number of aromatic nitrogens is 2. The van der Waals surface area contributed by atoms with E-state index in [2.05, 4.69) is 16.3 Å². The van der Waals surface area contributed by atoms with Gasteiger partial charge in [-0.25, -0.2) is 4.79 Å². The number of H-pyrrole nitrogens is 1. The highest BCUT2D eigenvalue weighted by Gasteiger charge is 2.15. The monoisotopic (exact) mass is 282 g/mol. The number of aryl methyl sites for hydroxylation is 1. The molecular weight excluding hydrogens is 268 g/mol. The Balaban J connectivity index is 2.07. The lowest BCUT2D eigenvalue weighted by molar-refractivity contribution is 0.0694. The summed E-state index contributed by atoms with van der Waals surface area (Å²) in [5.74, 6) is -1.43. The highest BCUT2D eigenvalue weighted by molar-refractivity contribution is 5.97. The van der Waals surface area contributed by atoms with E-state index in [4.69, 9.17) is 5.11 Å². The standard InChI is InChI=1S/C16H14N2O3/c1-9-3-2-4-10(5-9)6-13-11-7-12(16(20)21)15(19)8-14(11)18-17-13/h2-5,7-8,19H,6H2,1H3,(H,17,18)(H,20,21). The van der Waals surface area contributed by atoms with Gasteiger partial charge in [-0.2, -0.15) is 5.10 Å². The third-order valence-electron chi connectivity index (χ3n) is 3.44. The Kier molecular flexibility index (Phi) is 3.10. The lowest BCUT2D eigenvalue weighted by Crippen LogP contribution is -1.97. The molecule has 0 atom stereocenters. The zero-order valence-electron chi connectivity index (χ0n) is 11.4. The molecular formula is C16H14N2O3. The summed E-state index contributed by atoms with van der Waals surface area (Å²) in [5.41, 5.74) is 3.55. The number of benzene rings is 2. The summed E-state index contributed by atoms with van der Waals surface area (Å²) in [7, 11) is 0. The number of aromatic carboxylic acids is 1. The quantitative estimate of drug-likeness (QED) is 0.689. The second-order valence-corrected chi connectivity index (χ2v) is 5.06. The van der Waals surface area contributed by atoms with Gasteiger partial charge in [0.05, 0.1) is 5.52 Å². The fourth-order valence-electron chi connectivity index (χ4n) is 2.43. The van der Waals surface area contributed by atoms with Crippen molar-refractivity contribution in [2.45, 2.75) is 13.3 Å². The van der Waals surface area contributed by atoms with Gasteiger partial charge in [-0.1, -0.05) is 29.8 Å². The molecule has 0 spiro atoms. The molecule has 0 unspecified atom stereocenters. The molecule has 3 rings (SSSR count). The average Bonchev–Trinajstić information content (AvgIpc) is 2.80. The Bertz CT molecular complexity index is 837. The summed E-state index contributed by atoms with van der Waals surface area (Å²) in [6.07, 6.45) is 0.627. The summed E-state index contributed by atoms with van der Waals surface area (Å²) in [6, 6.07) is 10.9. The summed E-state index contributed by atoms with van der Waals surface area (Å²) >= 11 is 0. The molecule has 21 heavy (non-hydrogen) atoms. The van der Waals surface area contributed by atoms with Crippen LogP contribution in [0.1, 0.15) is 27.2 Å². The van der Waals surface area contributed by atoms with E-state index in [-0.39, 0.29) is 11.3 Å². The van der Waals surface area contributed by atoms with E-state index in [0.29, 0.717) is 17.3 Å². The van der Waals surface area contributed by atoms with Crippen LogP contribution in [0, 0.1) is 6.92 Å². The molecule has 5 nitrogen and oxygen atoms in total. The van der Waals surface area contributed by atoms with Gasteiger partial charge in [0, 0.05) is 23.6 Å². The summed E-state index contributed by atoms with van der Waals surface area (Å²) in [5, 5.41) is 26.5. The summed E-state index contributed by atoms with van der Waals surface area (Å²) < 4.78 is 0. The number of carboxylic acids is 1. The smallest absolute Gasteiger partial charge is 0.339 e. The van der Waals surface area contributed by atoms with Gasteiger partial charge >= 0.3 is 5.97 Å². The van der Waals surface area contributed by atoms with E-state index in [9.17, 15) is 9.90 Å². The van der Waals surface area contributed by atoms with Crippen LogP contribution >= 0.6 is 0 Å². The van der Waals surface area contributed by atoms with Crippen molar-refractivity contribution in [1.82, 2.24) is 10.2 Å². The van der Waals surface area contributed by atoms with Gasteiger partial charge in [-0.05, 0) is 18.6 Å². The highest BCUT2D eigenvalue weighted by atomic mass is 16.4. The molecule has 1 aromatic heterocycles. The van der Waals surface area contributed by atoms with Gasteiger partial charge in [-0.3, -0.25) is 5.10 Å². The van der Waals surface area contributed by atoms with Crippen LogP contribution in [-0.2, 0) is 6.42 Å². The molecule has 1 heterocycles. The third kappa shape index (κ3) is 2.45. The average molecular weight is 282 g/mol. The normalized spacial score (nSPS) is 10.9. The lowest BCUT2D eigenvalue weighted by Gasteiger charge is -2.03. The second-order valence-electron chi connectivity index (χ2n) is 5.06. The van der Waals surface area contributed by atoms with E-state index in [1.807, 2.05) is 25.1 Å². The second kappa shape index (κ2) is 4.94. The minimum Gasteiger partial charge on any atom is -0.507 e. The van der Waals surface area contributed by atoms with Gasteiger partial charge in [0.2, 0.25) is 0 Å². The third-order valence-corrected chi connectivity index (χ3v) is 3.44. The number of carbonyl (C=O) groups is 1. The fraction of sp³-hybridized carbons (Fsp3) is 0.125. The minimum absolute atomic E-state index is 0.116. The molecule has 2 aromatic carbocycles. The summed E-state index contributed by atoms with van der Waals surface area (Å²) in [6.45, 7) is 2.02. The first-order valence-corrected chi connectivity index (χ1v) is 6.53. The van der Waals surface area contributed by atoms with Crippen molar-refractivity contribution < 1.29 is 15.0 Å². The number of aromatic amines is 1. The largest absolute Gasteiger partial charge is 0.507 e. The molecule has 0 saturated carbocycles. The Morgan fingerprint density at radius 2 is 2.10 bits per heavy atom. The molecule has 0 saturated heterocycles. The SMILES string of the molecule is Cc1cccc(Cc2[nH]nc3cc(O)c(C(=O)O)cc23)c1. The molecule has 0 amide bonds. The Morgan fingerprint density at radius 3 is 2.81 bits per heavy atom. The maximum atomic E-state index is 11.1. The lowest BCUT2D eigenvalue weighted by atomic mass is 10.0. The fourth-order valence-corrected chi connectivity index (χ4v) is 2.43. The van der Waals surface area contributed by atoms with Crippen molar-refractivity contribution in [2.75, 3.05) is 0 Å². The predicted octanol–water partition coefficient (Wildman–Crippen LogP) is 2.87. The summed E-state index contributed by atoms with van der Waals surface area (Å²) in [4.78, 5) is 11.1. The topological polar surface area (TPSA) is 86.2 Å². The van der Waals surface area contributed by atoms with Crippen LogP contribution in [0.4, 0.5) is 0 Å². The maximum absolute atomic E-state index is 11.1. The number of carboxylic acid groups (broad SMARTS) is 1. The molecule has 0 radical (unpaired) electrons. The number of nitrogens with one attached hydrogen (secondary N) is 1. The zero-order chi connectivity index (χ0) is 15.0. The van der Waals surface area contributed by atoms with Crippen molar-refractivity contribution in [3.63, 3.8) is 0 Å². The van der Waals surface area contributed by atoms with Crippen LogP contribution < -0.4 is 0 Å². The zero-order valence-corrected chi connectivity index (χ0v) is 11.4. The number of nitrogens with zero attached hydrogens (tertiary/aromatic N) is 1. The highest BCUT2D eigenvalue weighted by Crippen LogP contribution is 2.27. The van der Waals surface area contributed by atoms with Crippen molar-refractivity contribution in [2.24, 2.45) is 0 Å². The van der Waals surface area contributed by atoms with E-state index >= 15 is 0 Å². The maximum Gasteiger partial charge on any atom is 0.339 e. The molecule has 0 aliphatic carbocycles. The first-order valence-electron chi connectivity index (χ1n) is 6.53. The van der Waals surface area contributed by atoms with Crippen molar-refractivity contribution in [3.05, 3.63) is 58.8 Å². The van der Waals surface area contributed by atoms with Crippen LogP contribution in [0.25, 0.3) is 10.9 Å². The van der Waals surface area contributed by atoms with Crippen molar-refractivity contribution >= 4 is 16.9 Å². The van der Waals surface area contributed by atoms with Gasteiger partial charge < -0.3 is 10.2 Å². The van der Waals surface area contributed by atoms with E-state index in [1.165, 1.54) is 17.7 Å². The van der Waals surface area contributed by atoms with Gasteiger partial charge in [0.15, 0.2) is 0 Å². The molecule has 5 heteroatoms. The Hall–Kier alpha value is -2.82. The van der Waals surface area contributed by atoms with Crippen LogP contribution in [0.15, 0.2) is 36.4 Å². The van der Waals surface area contributed by atoms with Crippen LogP contribution in [0.2, 0.25) is 0 Å². The van der Waals surface area contributed by atoms with E-state index in [1.54, 1.807) is 0 Å². The Morgan fingerprint density at radius 1 is 1.29 bits per heavy atom. The molecule has 3 N–H and O–H groups in total. The van der Waals surface area contributed by atoms with E-state index < -0.39 is 5.97 Å². The molecule has 0 fully saturated rings. The molecule has 3 aromatic rings. The number of rotatable bonds is 3. The number of fused-ring (bicyclic) bond motifs is 1. The van der Waals surface area contributed by atoms with Crippen LogP contribution in [-0.4, -0.2) is 26.4 Å². The predicted molar refractivity (Wildman–Crippen MR) is 78.7 cm³/mol. The first kappa shape index (κ1) is 13.2. The number of phenols is 1. The number of hydrogen-bond acceptors (Lipinski definition) is 3. The van der Waals surface area contributed by atoms with Gasteiger partial charge in [0.1, 0.15) is 11.3 Å². The molecule has 0 aliphatic heterocycles. The van der Waals surface area contributed by atoms with E-state index in [0.717, 1.165) is 11.3 Å².